The highest BCUT2D eigenvalue weighted by atomic mass is 16.5. The molecule has 0 aromatic heterocycles. The Balaban J connectivity index is 2.40. The molecule has 0 saturated heterocycles. The Labute approximate surface area is 149 Å². The average molecular weight is 339 g/mol. The number of rotatable bonds is 5. The molecule has 2 aromatic carbocycles. The number of carbonyl (C=O) groups is 1. The Morgan fingerprint density at radius 1 is 1.00 bits per heavy atom. The number of ether oxygens (including phenoxy) is 2. The van der Waals surface area contributed by atoms with Crippen molar-refractivity contribution in [3.05, 3.63) is 59.2 Å². The molecular weight excluding hydrogens is 314 g/mol. The molecule has 0 amide bonds. The van der Waals surface area contributed by atoms with Gasteiger partial charge in [-0.25, -0.2) is 0 Å². The van der Waals surface area contributed by atoms with Crippen LogP contribution >= 0.6 is 0 Å². The van der Waals surface area contributed by atoms with Crippen LogP contribution in [0.3, 0.4) is 0 Å². The minimum atomic E-state index is -0.0961. The van der Waals surface area contributed by atoms with Crippen LogP contribution in [0.15, 0.2) is 42.5 Å². The molecule has 132 valence electrons. The summed E-state index contributed by atoms with van der Waals surface area (Å²) in [7, 11) is 3.24. The molecule has 0 fully saturated rings. The van der Waals surface area contributed by atoms with Gasteiger partial charge in [0.2, 0.25) is 0 Å². The number of hydrogen-bond acceptors (Lipinski definition) is 4. The van der Waals surface area contributed by atoms with Crippen molar-refractivity contribution in [1.82, 2.24) is 0 Å². The Bertz CT molecular complexity index is 784. The molecule has 0 unspecified atom stereocenters. The minimum Gasteiger partial charge on any atom is -0.496 e. The maximum Gasteiger partial charge on any atom is 0.185 e. The first-order valence-corrected chi connectivity index (χ1v) is 8.10. The smallest absolute Gasteiger partial charge is 0.185 e. The van der Waals surface area contributed by atoms with Crippen molar-refractivity contribution in [2.45, 2.75) is 26.2 Å². The molecule has 2 rings (SSSR count). The number of anilines is 1. The topological polar surface area (TPSA) is 61.5 Å². The van der Waals surface area contributed by atoms with Crippen LogP contribution in [-0.2, 0) is 5.41 Å². The lowest BCUT2D eigenvalue weighted by atomic mass is 9.85. The van der Waals surface area contributed by atoms with Gasteiger partial charge in [-0.1, -0.05) is 20.8 Å². The molecule has 0 heterocycles. The predicted octanol–water partition coefficient (Wildman–Crippen LogP) is 4.48. The Hall–Kier alpha value is -2.75. The third-order valence-electron chi connectivity index (χ3n) is 3.97. The van der Waals surface area contributed by atoms with Crippen LogP contribution in [0.5, 0.6) is 11.5 Å². The first-order chi connectivity index (χ1) is 11.8. The van der Waals surface area contributed by atoms with Crippen molar-refractivity contribution < 1.29 is 14.3 Å². The first kappa shape index (κ1) is 18.6. The Morgan fingerprint density at radius 3 is 2.12 bits per heavy atom. The second-order valence-corrected chi connectivity index (χ2v) is 6.86. The number of allylic oxidation sites excluding steroid dienone is 1. The number of carbonyl (C=O) groups excluding carboxylic acids is 1. The molecule has 4 heteroatoms. The maximum absolute atomic E-state index is 12.3. The molecule has 0 aliphatic rings. The zero-order valence-electron chi connectivity index (χ0n) is 15.4. The normalized spacial score (nSPS) is 11.6. The van der Waals surface area contributed by atoms with Crippen molar-refractivity contribution in [3.63, 3.8) is 0 Å². The van der Waals surface area contributed by atoms with E-state index < -0.39 is 0 Å². The van der Waals surface area contributed by atoms with Crippen LogP contribution in [0, 0.1) is 0 Å². The number of benzene rings is 2. The molecule has 0 bridgehead atoms. The number of nitrogens with two attached hydrogens (primary N) is 1. The van der Waals surface area contributed by atoms with Crippen LogP contribution in [0.4, 0.5) is 5.69 Å². The van der Waals surface area contributed by atoms with Crippen molar-refractivity contribution in [2.24, 2.45) is 0 Å². The van der Waals surface area contributed by atoms with E-state index >= 15 is 0 Å². The lowest BCUT2D eigenvalue weighted by Crippen LogP contribution is -2.13. The van der Waals surface area contributed by atoms with Gasteiger partial charge in [-0.15, -0.1) is 0 Å². The van der Waals surface area contributed by atoms with Crippen LogP contribution in [0.25, 0.3) is 6.08 Å². The monoisotopic (exact) mass is 339 g/mol. The number of ketones is 1. The van der Waals surface area contributed by atoms with E-state index in [1.807, 2.05) is 12.1 Å². The van der Waals surface area contributed by atoms with Gasteiger partial charge in [-0.3, -0.25) is 4.79 Å². The van der Waals surface area contributed by atoms with Crippen molar-refractivity contribution >= 4 is 17.5 Å². The SMILES string of the molecule is COc1cc(OC)c(C(C)(C)C)cc1C=CC(=O)c1ccc(N)cc1. The lowest BCUT2D eigenvalue weighted by Gasteiger charge is -2.23. The van der Waals surface area contributed by atoms with E-state index in [2.05, 4.69) is 20.8 Å². The molecular formula is C21H25NO3. The number of methoxy groups -OCH3 is 2. The third kappa shape index (κ3) is 4.41. The number of hydrogen-bond donors (Lipinski definition) is 1. The van der Waals surface area contributed by atoms with Gasteiger partial charge in [0, 0.05) is 28.4 Å². The molecule has 0 saturated carbocycles. The van der Waals surface area contributed by atoms with Crippen molar-refractivity contribution in [3.8, 4) is 11.5 Å². The quantitative estimate of drug-likeness (QED) is 0.496. The lowest BCUT2D eigenvalue weighted by molar-refractivity contribution is 0.104. The molecule has 2 aromatic rings. The second-order valence-electron chi connectivity index (χ2n) is 6.86. The molecule has 4 nitrogen and oxygen atoms in total. The van der Waals surface area contributed by atoms with E-state index in [1.54, 1.807) is 50.6 Å². The van der Waals surface area contributed by atoms with Crippen LogP contribution in [-0.4, -0.2) is 20.0 Å². The van der Waals surface area contributed by atoms with Gasteiger partial charge < -0.3 is 15.2 Å². The van der Waals surface area contributed by atoms with Crippen molar-refractivity contribution in [2.75, 3.05) is 20.0 Å². The summed E-state index contributed by atoms with van der Waals surface area (Å²) in [5, 5.41) is 0. The van der Waals surface area contributed by atoms with E-state index in [0.717, 1.165) is 16.9 Å². The van der Waals surface area contributed by atoms with Gasteiger partial charge in [-0.2, -0.15) is 0 Å². The summed E-state index contributed by atoms with van der Waals surface area (Å²) in [5.41, 5.74) is 8.67. The highest BCUT2D eigenvalue weighted by molar-refractivity contribution is 6.07. The molecule has 2 N–H and O–H groups in total. The van der Waals surface area contributed by atoms with E-state index in [0.29, 0.717) is 17.0 Å². The second kappa shape index (κ2) is 7.43. The fraction of sp³-hybridized carbons (Fsp3) is 0.286. The van der Waals surface area contributed by atoms with Crippen LogP contribution < -0.4 is 15.2 Å². The van der Waals surface area contributed by atoms with Gasteiger partial charge in [-0.05, 0) is 47.9 Å². The molecule has 0 spiro atoms. The van der Waals surface area contributed by atoms with Gasteiger partial charge in [0.1, 0.15) is 11.5 Å². The van der Waals surface area contributed by atoms with Gasteiger partial charge in [0.25, 0.3) is 0 Å². The highest BCUT2D eigenvalue weighted by Gasteiger charge is 2.21. The summed E-state index contributed by atoms with van der Waals surface area (Å²) in [4.78, 5) is 12.3. The summed E-state index contributed by atoms with van der Waals surface area (Å²) in [5.74, 6) is 1.34. The summed E-state index contributed by atoms with van der Waals surface area (Å²) >= 11 is 0. The summed E-state index contributed by atoms with van der Waals surface area (Å²) in [6.45, 7) is 6.35. The molecule has 0 radical (unpaired) electrons. The van der Waals surface area contributed by atoms with Gasteiger partial charge in [0.05, 0.1) is 14.2 Å². The standard InChI is InChI=1S/C21H25NO3/c1-21(2,3)17-12-15(19(24-4)13-20(17)25-5)8-11-18(23)14-6-9-16(22)10-7-14/h6-13H,22H2,1-5H3. The summed E-state index contributed by atoms with van der Waals surface area (Å²) < 4.78 is 10.9. The van der Waals surface area contributed by atoms with E-state index in [4.69, 9.17) is 15.2 Å². The predicted molar refractivity (Wildman–Crippen MR) is 102 cm³/mol. The molecule has 0 aliphatic heterocycles. The summed E-state index contributed by atoms with van der Waals surface area (Å²) in [6, 6.07) is 10.7. The molecule has 0 atom stereocenters. The minimum absolute atomic E-state index is 0.0878. The fourth-order valence-electron chi connectivity index (χ4n) is 2.55. The first-order valence-electron chi connectivity index (χ1n) is 8.10. The highest BCUT2D eigenvalue weighted by Crippen LogP contribution is 2.37. The zero-order chi connectivity index (χ0) is 18.6. The largest absolute Gasteiger partial charge is 0.496 e. The van der Waals surface area contributed by atoms with E-state index in [9.17, 15) is 4.79 Å². The van der Waals surface area contributed by atoms with Gasteiger partial charge in [0.15, 0.2) is 5.78 Å². The average Bonchev–Trinajstić information content (AvgIpc) is 2.58. The van der Waals surface area contributed by atoms with Gasteiger partial charge >= 0.3 is 0 Å². The van der Waals surface area contributed by atoms with Crippen molar-refractivity contribution in [1.29, 1.82) is 0 Å². The van der Waals surface area contributed by atoms with E-state index in [1.165, 1.54) is 0 Å². The third-order valence-corrected chi connectivity index (χ3v) is 3.97. The van der Waals surface area contributed by atoms with Crippen LogP contribution in [0.2, 0.25) is 0 Å². The van der Waals surface area contributed by atoms with Crippen LogP contribution in [0.1, 0.15) is 42.3 Å². The van der Waals surface area contributed by atoms with E-state index in [-0.39, 0.29) is 11.2 Å². The molecule has 0 aliphatic carbocycles. The summed E-state index contributed by atoms with van der Waals surface area (Å²) in [6.07, 6.45) is 3.31. The zero-order valence-corrected chi connectivity index (χ0v) is 15.4. The Kier molecular flexibility index (Phi) is 5.52. The maximum atomic E-state index is 12.3. The Morgan fingerprint density at radius 2 is 1.60 bits per heavy atom. The fourth-order valence-corrected chi connectivity index (χ4v) is 2.55. The molecule has 25 heavy (non-hydrogen) atoms. The number of nitrogen functional groups attached to an aromatic ring is 1.